The zero-order chi connectivity index (χ0) is 17.9. The minimum atomic E-state index is 0.793. The van der Waals surface area contributed by atoms with Gasteiger partial charge in [0.1, 0.15) is 0 Å². The number of ether oxygens (including phenoxy) is 1. The lowest BCUT2D eigenvalue weighted by Gasteiger charge is -2.38. The van der Waals surface area contributed by atoms with Crippen LogP contribution in [0.2, 0.25) is 5.02 Å². The Kier molecular flexibility index (Phi) is 8.91. The minimum absolute atomic E-state index is 0.793. The first-order valence-electron chi connectivity index (χ1n) is 9.36. The fraction of sp³-hybridized carbons (Fsp3) is 0.632. The van der Waals surface area contributed by atoms with Gasteiger partial charge in [-0.3, -0.25) is 4.99 Å². The van der Waals surface area contributed by atoms with Gasteiger partial charge < -0.3 is 19.9 Å². The third-order valence-corrected chi connectivity index (χ3v) is 4.59. The van der Waals surface area contributed by atoms with Gasteiger partial charge in [0, 0.05) is 52.5 Å². The van der Waals surface area contributed by atoms with Gasteiger partial charge in [0.05, 0.1) is 10.7 Å². The van der Waals surface area contributed by atoms with E-state index in [-0.39, 0.29) is 0 Å². The second-order valence-electron chi connectivity index (χ2n) is 6.07. The van der Waals surface area contributed by atoms with E-state index in [4.69, 9.17) is 21.3 Å². The molecule has 0 bridgehead atoms. The minimum Gasteiger partial charge on any atom is -0.382 e. The van der Waals surface area contributed by atoms with Crippen molar-refractivity contribution in [3.63, 3.8) is 0 Å². The molecule has 0 saturated carbocycles. The fourth-order valence-electron chi connectivity index (χ4n) is 2.94. The molecular weight excluding hydrogens is 336 g/mol. The average Bonchev–Trinajstić information content (AvgIpc) is 2.64. The van der Waals surface area contributed by atoms with Crippen LogP contribution < -0.4 is 10.2 Å². The first-order valence-corrected chi connectivity index (χ1v) is 9.74. The van der Waals surface area contributed by atoms with Gasteiger partial charge in [-0.1, -0.05) is 23.7 Å². The van der Waals surface area contributed by atoms with Crippen molar-refractivity contribution >= 4 is 23.2 Å². The maximum Gasteiger partial charge on any atom is 0.194 e. The molecule has 5 nitrogen and oxygen atoms in total. The van der Waals surface area contributed by atoms with Crippen LogP contribution in [0.25, 0.3) is 0 Å². The van der Waals surface area contributed by atoms with Gasteiger partial charge in [-0.2, -0.15) is 0 Å². The summed E-state index contributed by atoms with van der Waals surface area (Å²) in [6, 6.07) is 8.07. The van der Waals surface area contributed by atoms with E-state index in [1.807, 2.05) is 25.1 Å². The van der Waals surface area contributed by atoms with Crippen molar-refractivity contribution in [3.8, 4) is 0 Å². The van der Waals surface area contributed by atoms with Crippen molar-refractivity contribution in [1.29, 1.82) is 0 Å². The molecule has 0 aliphatic carbocycles. The Hall–Kier alpha value is -1.46. The van der Waals surface area contributed by atoms with E-state index >= 15 is 0 Å². The largest absolute Gasteiger partial charge is 0.382 e. The Morgan fingerprint density at radius 2 is 1.92 bits per heavy atom. The highest BCUT2D eigenvalue weighted by Gasteiger charge is 2.20. The number of hydrogen-bond donors (Lipinski definition) is 1. The van der Waals surface area contributed by atoms with Crippen molar-refractivity contribution in [2.75, 3.05) is 57.4 Å². The predicted molar refractivity (Wildman–Crippen MR) is 107 cm³/mol. The summed E-state index contributed by atoms with van der Waals surface area (Å²) in [5.41, 5.74) is 1.13. The molecule has 1 fully saturated rings. The predicted octanol–water partition coefficient (Wildman–Crippen LogP) is 3.24. The normalized spacial score (nSPS) is 15.6. The zero-order valence-electron chi connectivity index (χ0n) is 15.5. The van der Waals surface area contributed by atoms with E-state index < -0.39 is 0 Å². The summed E-state index contributed by atoms with van der Waals surface area (Å²) < 4.78 is 5.38. The van der Waals surface area contributed by atoms with Crippen LogP contribution in [0.1, 0.15) is 26.7 Å². The Bertz CT molecular complexity index is 530. The van der Waals surface area contributed by atoms with Crippen molar-refractivity contribution in [3.05, 3.63) is 29.3 Å². The molecule has 6 heteroatoms. The number of hydrogen-bond acceptors (Lipinski definition) is 3. The molecule has 0 atom stereocenters. The number of rotatable bonds is 8. The van der Waals surface area contributed by atoms with E-state index in [2.05, 4.69) is 28.1 Å². The Balaban J connectivity index is 1.83. The average molecular weight is 367 g/mol. The number of aliphatic imine (C=N–C) groups is 1. The third-order valence-electron chi connectivity index (χ3n) is 4.27. The summed E-state index contributed by atoms with van der Waals surface area (Å²) in [5.74, 6) is 1.03. The fourth-order valence-corrected chi connectivity index (χ4v) is 3.19. The third kappa shape index (κ3) is 6.40. The van der Waals surface area contributed by atoms with Crippen molar-refractivity contribution in [2.24, 2.45) is 4.99 Å². The first kappa shape index (κ1) is 19.9. The number of anilines is 1. The lowest BCUT2D eigenvalue weighted by atomic mass is 10.2. The maximum absolute atomic E-state index is 6.33. The maximum atomic E-state index is 6.33. The number of unbranched alkanes of at least 4 members (excludes halogenated alkanes) is 1. The van der Waals surface area contributed by atoms with Crippen LogP contribution in [0.15, 0.2) is 29.3 Å². The molecular formula is C19H31ClN4O. The highest BCUT2D eigenvalue weighted by atomic mass is 35.5. The topological polar surface area (TPSA) is 40.1 Å². The van der Waals surface area contributed by atoms with Crippen LogP contribution in [0, 0.1) is 0 Å². The molecule has 1 aliphatic rings. The van der Waals surface area contributed by atoms with E-state index in [1.165, 1.54) is 0 Å². The van der Waals surface area contributed by atoms with Crippen LogP contribution in [-0.2, 0) is 4.74 Å². The zero-order valence-corrected chi connectivity index (χ0v) is 16.3. The first-order chi connectivity index (χ1) is 12.3. The Morgan fingerprint density at radius 3 is 2.60 bits per heavy atom. The molecule has 140 valence electrons. The van der Waals surface area contributed by atoms with Crippen molar-refractivity contribution in [2.45, 2.75) is 26.7 Å². The molecule has 25 heavy (non-hydrogen) atoms. The van der Waals surface area contributed by atoms with Crippen LogP contribution in [0.3, 0.4) is 0 Å². The Morgan fingerprint density at radius 1 is 1.16 bits per heavy atom. The highest BCUT2D eigenvalue weighted by Crippen LogP contribution is 2.25. The van der Waals surface area contributed by atoms with Gasteiger partial charge in [-0.05, 0) is 38.8 Å². The summed E-state index contributed by atoms with van der Waals surface area (Å²) in [7, 11) is 0. The van der Waals surface area contributed by atoms with Gasteiger partial charge in [-0.15, -0.1) is 0 Å². The number of para-hydroxylation sites is 1. The summed E-state index contributed by atoms with van der Waals surface area (Å²) >= 11 is 6.33. The number of piperazine rings is 1. The van der Waals surface area contributed by atoms with Crippen LogP contribution in [-0.4, -0.2) is 63.3 Å². The highest BCUT2D eigenvalue weighted by molar-refractivity contribution is 6.33. The molecule has 1 saturated heterocycles. The van der Waals surface area contributed by atoms with Crippen LogP contribution >= 0.6 is 11.6 Å². The lowest BCUT2D eigenvalue weighted by Crippen LogP contribution is -2.52. The molecule has 0 aromatic heterocycles. The van der Waals surface area contributed by atoms with Gasteiger partial charge in [0.25, 0.3) is 0 Å². The molecule has 0 radical (unpaired) electrons. The number of nitrogens with zero attached hydrogens (tertiary/aromatic N) is 3. The molecule has 2 rings (SSSR count). The van der Waals surface area contributed by atoms with Crippen LogP contribution in [0.4, 0.5) is 5.69 Å². The second kappa shape index (κ2) is 11.2. The number of halogens is 1. The number of guanidine groups is 1. The van der Waals surface area contributed by atoms with Gasteiger partial charge in [0.2, 0.25) is 0 Å². The molecule has 1 aliphatic heterocycles. The molecule has 1 aromatic carbocycles. The van der Waals surface area contributed by atoms with E-state index in [0.29, 0.717) is 0 Å². The van der Waals surface area contributed by atoms with E-state index in [1.54, 1.807) is 0 Å². The summed E-state index contributed by atoms with van der Waals surface area (Å²) in [5, 5.41) is 4.25. The van der Waals surface area contributed by atoms with Gasteiger partial charge in [-0.25, -0.2) is 0 Å². The molecule has 1 heterocycles. The lowest BCUT2D eigenvalue weighted by molar-refractivity contribution is 0.144. The molecule has 1 N–H and O–H groups in total. The SMILES string of the molecule is CCNC(=NCCCCOCC)N1CCN(c2ccccc2Cl)CC1. The number of benzene rings is 1. The Labute approximate surface area is 157 Å². The van der Waals surface area contributed by atoms with E-state index in [0.717, 1.165) is 82.0 Å². The van der Waals surface area contributed by atoms with E-state index in [9.17, 15) is 0 Å². The smallest absolute Gasteiger partial charge is 0.194 e. The monoisotopic (exact) mass is 366 g/mol. The van der Waals surface area contributed by atoms with Crippen LogP contribution in [0.5, 0.6) is 0 Å². The molecule has 0 amide bonds. The standard InChI is InChI=1S/C19H31ClN4O/c1-3-21-19(22-11-7-8-16-25-4-2)24-14-12-23(13-15-24)18-10-6-5-9-17(18)20/h5-6,9-10H,3-4,7-8,11-16H2,1-2H3,(H,21,22). The molecule has 0 spiro atoms. The quantitative estimate of drug-likeness (QED) is 0.435. The van der Waals surface area contributed by atoms with Gasteiger partial charge >= 0.3 is 0 Å². The summed E-state index contributed by atoms with van der Waals surface area (Å²) in [4.78, 5) is 9.48. The summed E-state index contributed by atoms with van der Waals surface area (Å²) in [6.07, 6.45) is 2.13. The number of nitrogens with one attached hydrogen (secondary N) is 1. The summed E-state index contributed by atoms with van der Waals surface area (Å²) in [6.45, 7) is 11.3. The molecule has 0 unspecified atom stereocenters. The molecule has 1 aromatic rings. The van der Waals surface area contributed by atoms with Crippen molar-refractivity contribution < 1.29 is 4.74 Å². The van der Waals surface area contributed by atoms with Gasteiger partial charge in [0.15, 0.2) is 5.96 Å². The second-order valence-corrected chi connectivity index (χ2v) is 6.47. The van der Waals surface area contributed by atoms with Crippen molar-refractivity contribution in [1.82, 2.24) is 10.2 Å².